The molecule has 1 saturated heterocycles. The van der Waals surface area contributed by atoms with Crippen LogP contribution in [0.5, 0.6) is 0 Å². The number of imidazole rings is 1. The summed E-state index contributed by atoms with van der Waals surface area (Å²) in [6.45, 7) is 3.11. The van der Waals surface area contributed by atoms with Crippen LogP contribution in [0.2, 0.25) is 5.02 Å². The van der Waals surface area contributed by atoms with Crippen LogP contribution < -0.4 is 10.2 Å². The van der Waals surface area contributed by atoms with Crippen LogP contribution in [0.4, 0.5) is 17.2 Å². The maximum absolute atomic E-state index is 9.87. The van der Waals surface area contributed by atoms with Gasteiger partial charge in [0.1, 0.15) is 11.9 Å². The molecule has 1 N–H and O–H groups in total. The minimum absolute atomic E-state index is 0.447. The van der Waals surface area contributed by atoms with Crippen LogP contribution in [-0.4, -0.2) is 45.8 Å². The SMILES string of the molecule is Cn1ccnc1Sc1ccc(Nc2c(C#N)cnc3ccc(-c4ccc(N5CCOCC5)nc4)cc23)cc1Cl. The molecule has 39 heavy (non-hydrogen) atoms. The minimum Gasteiger partial charge on any atom is -0.378 e. The summed E-state index contributed by atoms with van der Waals surface area (Å²) in [5.41, 5.74) is 4.66. The van der Waals surface area contributed by atoms with Crippen molar-refractivity contribution in [1.29, 1.82) is 5.26 Å². The second-order valence-corrected chi connectivity index (χ2v) is 10.5. The predicted molar refractivity (Wildman–Crippen MR) is 155 cm³/mol. The zero-order chi connectivity index (χ0) is 26.8. The molecule has 4 heterocycles. The van der Waals surface area contributed by atoms with E-state index in [0.29, 0.717) is 16.3 Å². The maximum atomic E-state index is 9.87. The molecule has 0 radical (unpaired) electrons. The van der Waals surface area contributed by atoms with Gasteiger partial charge in [0.05, 0.1) is 35.0 Å². The summed E-state index contributed by atoms with van der Waals surface area (Å²) in [6.07, 6.45) is 7.13. The second-order valence-electron chi connectivity index (χ2n) is 9.09. The molecule has 194 valence electrons. The normalized spacial score (nSPS) is 13.4. The van der Waals surface area contributed by atoms with Crippen LogP contribution in [0, 0.1) is 11.3 Å². The number of morpholine rings is 1. The van der Waals surface area contributed by atoms with Gasteiger partial charge in [0, 0.05) is 66.5 Å². The minimum atomic E-state index is 0.447. The molecule has 1 aliphatic rings. The Morgan fingerprint density at radius 3 is 2.56 bits per heavy atom. The predicted octanol–water partition coefficient (Wildman–Crippen LogP) is 6.29. The first-order valence-corrected chi connectivity index (χ1v) is 13.6. The lowest BCUT2D eigenvalue weighted by Crippen LogP contribution is -2.36. The van der Waals surface area contributed by atoms with Gasteiger partial charge in [0.2, 0.25) is 0 Å². The topological polar surface area (TPSA) is 91.9 Å². The Labute approximate surface area is 235 Å². The highest BCUT2D eigenvalue weighted by Gasteiger charge is 2.15. The maximum Gasteiger partial charge on any atom is 0.172 e. The molecule has 0 bridgehead atoms. The van der Waals surface area contributed by atoms with Crippen LogP contribution in [0.1, 0.15) is 5.56 Å². The first-order valence-electron chi connectivity index (χ1n) is 12.4. The summed E-state index contributed by atoms with van der Waals surface area (Å²) in [5.74, 6) is 0.944. The Kier molecular flexibility index (Phi) is 7.07. The van der Waals surface area contributed by atoms with Gasteiger partial charge < -0.3 is 19.5 Å². The highest BCUT2D eigenvalue weighted by Crippen LogP contribution is 2.37. The number of anilines is 3. The number of nitrogens with one attached hydrogen (secondary N) is 1. The van der Waals surface area contributed by atoms with Crippen LogP contribution in [0.15, 0.2) is 83.4 Å². The summed E-state index contributed by atoms with van der Waals surface area (Å²) in [6, 6.07) is 18.2. The number of benzene rings is 2. The molecule has 0 atom stereocenters. The Bertz CT molecular complexity index is 1690. The molecule has 0 spiro atoms. The largest absolute Gasteiger partial charge is 0.378 e. The Morgan fingerprint density at radius 1 is 1.00 bits per heavy atom. The fourth-order valence-corrected chi connectivity index (χ4v) is 5.59. The van der Waals surface area contributed by atoms with Gasteiger partial charge in [-0.05, 0) is 48.0 Å². The first kappa shape index (κ1) is 25.2. The molecule has 10 heteroatoms. The number of pyridine rings is 2. The Hall–Kier alpha value is -4.10. The fraction of sp³-hybridized carbons (Fsp3) is 0.172. The van der Waals surface area contributed by atoms with Crippen LogP contribution in [0.3, 0.4) is 0 Å². The lowest BCUT2D eigenvalue weighted by molar-refractivity contribution is 0.122. The van der Waals surface area contributed by atoms with Crippen molar-refractivity contribution in [3.8, 4) is 17.2 Å². The molecule has 0 aliphatic carbocycles. The van der Waals surface area contributed by atoms with Crippen LogP contribution in [0.25, 0.3) is 22.0 Å². The molecule has 5 aromatic rings. The van der Waals surface area contributed by atoms with Gasteiger partial charge in [-0.25, -0.2) is 9.97 Å². The molecule has 1 aliphatic heterocycles. The fourth-order valence-electron chi connectivity index (χ4n) is 4.48. The number of hydrogen-bond donors (Lipinski definition) is 1. The van der Waals surface area contributed by atoms with Gasteiger partial charge >= 0.3 is 0 Å². The number of nitrogens with zero attached hydrogens (tertiary/aromatic N) is 6. The molecular formula is C29H24ClN7OS. The third-order valence-corrected chi connectivity index (χ3v) is 8.16. The van der Waals surface area contributed by atoms with E-state index in [1.807, 2.05) is 66.5 Å². The summed E-state index contributed by atoms with van der Waals surface area (Å²) < 4.78 is 7.39. The van der Waals surface area contributed by atoms with E-state index < -0.39 is 0 Å². The van der Waals surface area contributed by atoms with E-state index in [0.717, 1.165) is 69.9 Å². The van der Waals surface area contributed by atoms with Gasteiger partial charge in [0.25, 0.3) is 0 Å². The molecule has 0 saturated carbocycles. The average molecular weight is 554 g/mol. The van der Waals surface area contributed by atoms with Crippen LogP contribution >= 0.6 is 23.4 Å². The Balaban J connectivity index is 1.31. The molecule has 0 amide bonds. The average Bonchev–Trinajstić information content (AvgIpc) is 3.39. The Morgan fingerprint density at radius 2 is 1.85 bits per heavy atom. The van der Waals surface area contributed by atoms with Gasteiger partial charge in [-0.1, -0.05) is 29.4 Å². The number of rotatable bonds is 6. The van der Waals surface area contributed by atoms with E-state index in [1.165, 1.54) is 11.8 Å². The molecule has 8 nitrogen and oxygen atoms in total. The van der Waals surface area contributed by atoms with Gasteiger partial charge in [-0.2, -0.15) is 5.26 Å². The summed E-state index contributed by atoms with van der Waals surface area (Å²) >= 11 is 8.14. The molecule has 2 aromatic carbocycles. The van der Waals surface area contributed by atoms with Crippen molar-refractivity contribution in [3.63, 3.8) is 0 Å². The van der Waals surface area contributed by atoms with Crippen molar-refractivity contribution in [2.24, 2.45) is 7.05 Å². The van der Waals surface area contributed by atoms with E-state index in [-0.39, 0.29) is 0 Å². The number of ether oxygens (including phenoxy) is 1. The van der Waals surface area contributed by atoms with Crippen LogP contribution in [-0.2, 0) is 11.8 Å². The van der Waals surface area contributed by atoms with E-state index in [4.69, 9.17) is 21.3 Å². The number of halogens is 1. The quantitative estimate of drug-likeness (QED) is 0.262. The summed E-state index contributed by atoms with van der Waals surface area (Å²) in [7, 11) is 1.94. The lowest BCUT2D eigenvalue weighted by atomic mass is 10.0. The standard InChI is InChI=1S/C29H24ClN7OS/c1-36-9-8-32-29(36)39-26-6-4-22(15-24(26)30)35-28-21(16-31)18-33-25-5-2-19(14-23(25)28)20-3-7-27(34-17-20)37-10-12-38-13-11-37/h2-9,14-15,17-18H,10-13H2,1H3,(H,33,35). The van der Waals surface area contributed by atoms with Crippen molar-refractivity contribution in [2.75, 3.05) is 36.5 Å². The van der Waals surface area contributed by atoms with E-state index in [9.17, 15) is 5.26 Å². The highest BCUT2D eigenvalue weighted by molar-refractivity contribution is 7.99. The van der Waals surface area contributed by atoms with E-state index >= 15 is 0 Å². The molecule has 6 rings (SSSR count). The van der Waals surface area contributed by atoms with Crippen molar-refractivity contribution in [2.45, 2.75) is 10.1 Å². The van der Waals surface area contributed by atoms with E-state index in [2.05, 4.69) is 32.3 Å². The number of aryl methyl sites for hydroxylation is 1. The van der Waals surface area contributed by atoms with Gasteiger partial charge in [0.15, 0.2) is 5.16 Å². The van der Waals surface area contributed by atoms with Crippen molar-refractivity contribution >= 4 is 51.5 Å². The van der Waals surface area contributed by atoms with Gasteiger partial charge in [-0.3, -0.25) is 4.98 Å². The monoisotopic (exact) mass is 553 g/mol. The number of hydrogen-bond acceptors (Lipinski definition) is 8. The van der Waals surface area contributed by atoms with Gasteiger partial charge in [-0.15, -0.1) is 0 Å². The molecule has 0 unspecified atom stereocenters. The highest BCUT2D eigenvalue weighted by atomic mass is 35.5. The third kappa shape index (κ3) is 5.27. The zero-order valence-corrected chi connectivity index (χ0v) is 22.7. The molecule has 1 fully saturated rings. The molecule has 3 aromatic heterocycles. The third-order valence-electron chi connectivity index (χ3n) is 6.58. The van der Waals surface area contributed by atoms with Crippen molar-refractivity contribution < 1.29 is 4.74 Å². The summed E-state index contributed by atoms with van der Waals surface area (Å²) in [4.78, 5) is 16.7. The lowest BCUT2D eigenvalue weighted by Gasteiger charge is -2.27. The van der Waals surface area contributed by atoms with Crippen molar-refractivity contribution in [3.05, 3.63) is 83.9 Å². The zero-order valence-electron chi connectivity index (χ0n) is 21.1. The van der Waals surface area contributed by atoms with E-state index in [1.54, 1.807) is 12.4 Å². The summed E-state index contributed by atoms with van der Waals surface area (Å²) in [5, 5.41) is 15.6. The number of aromatic nitrogens is 4. The number of nitriles is 1. The van der Waals surface area contributed by atoms with Crippen molar-refractivity contribution in [1.82, 2.24) is 19.5 Å². The molecular weight excluding hydrogens is 530 g/mol. The second kappa shape index (κ2) is 10.9. The smallest absolute Gasteiger partial charge is 0.172 e. The first-order chi connectivity index (χ1) is 19.1. The number of fused-ring (bicyclic) bond motifs is 1.